The fraction of sp³-hybridized carbons (Fsp3) is 0.600. The van der Waals surface area contributed by atoms with E-state index in [2.05, 4.69) is 69.3 Å². The van der Waals surface area contributed by atoms with Gasteiger partial charge in [-0.05, 0) is 153 Å². The van der Waals surface area contributed by atoms with E-state index in [0.29, 0.717) is 38.0 Å². The van der Waals surface area contributed by atoms with Gasteiger partial charge in [-0.2, -0.15) is 0 Å². The first kappa shape index (κ1) is 40.4. The normalized spacial score (nSPS) is 30.6. The topological polar surface area (TPSA) is 86.7 Å². The molecule has 6 heteroatoms. The molecule has 6 unspecified atom stereocenters. The number of ketones is 3. The van der Waals surface area contributed by atoms with Crippen LogP contribution in [0.25, 0.3) is 16.3 Å². The smallest absolute Gasteiger partial charge is 0.306 e. The number of hydrogen-bond acceptors (Lipinski definition) is 6. The third kappa shape index (κ3) is 9.00. The second kappa shape index (κ2) is 17.0. The maximum absolute atomic E-state index is 15.0. The van der Waals surface area contributed by atoms with E-state index >= 15 is 0 Å². The molecule has 6 atom stereocenters. The fourth-order valence-corrected chi connectivity index (χ4v) is 10.9. The molecule has 0 saturated heterocycles. The van der Waals surface area contributed by atoms with Gasteiger partial charge in [0.2, 0.25) is 0 Å². The van der Waals surface area contributed by atoms with Crippen molar-refractivity contribution in [3.05, 3.63) is 71.3 Å². The van der Waals surface area contributed by atoms with Crippen LogP contribution in [-0.2, 0) is 30.3 Å². The molecular formula is C50H64O6. The summed E-state index contributed by atoms with van der Waals surface area (Å²) in [6.45, 7) is 8.42. The Kier molecular flexibility index (Phi) is 12.2. The molecule has 3 saturated carbocycles. The molecule has 6 nitrogen and oxygen atoms in total. The predicted molar refractivity (Wildman–Crippen MR) is 223 cm³/mol. The van der Waals surface area contributed by atoms with Crippen molar-refractivity contribution < 1.29 is 28.7 Å². The average molecular weight is 761 g/mol. The number of carbonyl (C=O) groups is 4. The van der Waals surface area contributed by atoms with Crippen LogP contribution in [0, 0.1) is 40.4 Å². The second-order valence-electron chi connectivity index (χ2n) is 19.0. The molecule has 0 aliphatic heterocycles. The van der Waals surface area contributed by atoms with Crippen LogP contribution >= 0.6 is 0 Å². The molecular weight excluding hydrogens is 697 g/mol. The Bertz CT molecular complexity index is 1920. The van der Waals surface area contributed by atoms with Crippen molar-refractivity contribution >= 4 is 39.7 Å². The maximum Gasteiger partial charge on any atom is 0.306 e. The first-order chi connectivity index (χ1) is 26.9. The van der Waals surface area contributed by atoms with Gasteiger partial charge in [0.15, 0.2) is 0 Å². The first-order valence-corrected chi connectivity index (χ1v) is 21.8. The van der Waals surface area contributed by atoms with Gasteiger partial charge in [-0.3, -0.25) is 19.2 Å². The lowest BCUT2D eigenvalue weighted by Crippen LogP contribution is -2.34. The third-order valence-electron chi connectivity index (χ3n) is 14.0. The van der Waals surface area contributed by atoms with Gasteiger partial charge in [0, 0.05) is 29.6 Å². The van der Waals surface area contributed by atoms with Crippen molar-refractivity contribution in [2.45, 2.75) is 143 Å². The maximum atomic E-state index is 15.0. The Labute approximate surface area is 334 Å². The Balaban J connectivity index is 1.22. The fourth-order valence-electron chi connectivity index (χ4n) is 10.9. The van der Waals surface area contributed by atoms with Crippen LogP contribution in [0.4, 0.5) is 0 Å². The molecule has 0 amide bonds. The lowest BCUT2D eigenvalue weighted by atomic mass is 9.77. The number of esters is 1. The van der Waals surface area contributed by atoms with Crippen LogP contribution in [0.2, 0.25) is 0 Å². The summed E-state index contributed by atoms with van der Waals surface area (Å²) in [7, 11) is 1.70. The van der Waals surface area contributed by atoms with Crippen molar-refractivity contribution in [3.63, 3.8) is 0 Å². The number of ether oxygens (including phenoxy) is 2. The van der Waals surface area contributed by atoms with Gasteiger partial charge in [-0.15, -0.1) is 0 Å². The lowest BCUT2D eigenvalue weighted by molar-refractivity contribution is -0.152. The third-order valence-corrected chi connectivity index (χ3v) is 14.0. The molecule has 0 heterocycles. The van der Waals surface area contributed by atoms with E-state index in [4.69, 9.17) is 9.47 Å². The minimum Gasteiger partial charge on any atom is -0.497 e. The molecule has 3 fully saturated rings. The molecule has 56 heavy (non-hydrogen) atoms. The van der Waals surface area contributed by atoms with E-state index in [1.54, 1.807) is 14.0 Å². The van der Waals surface area contributed by atoms with Gasteiger partial charge in [0.05, 0.1) is 13.5 Å². The number of carbonyl (C=O) groups excluding carboxylic acids is 4. The Morgan fingerprint density at radius 1 is 0.929 bits per heavy atom. The summed E-state index contributed by atoms with van der Waals surface area (Å²) in [6.07, 6.45) is 22.2. The SMILES string of the molecule is COc1ccc2c(CC3(C)CC4C(=O)CC5(C(C)=O)CC5/C=C\CCCCCC(CC(=O)OC5CCCC5)C(=O)C4C3)cc(C3=CCC(CC(C)C)=C3)cc2c1. The van der Waals surface area contributed by atoms with Gasteiger partial charge in [0.1, 0.15) is 29.2 Å². The largest absolute Gasteiger partial charge is 0.497 e. The van der Waals surface area contributed by atoms with Crippen molar-refractivity contribution in [1.29, 1.82) is 0 Å². The number of hydrogen-bond donors (Lipinski definition) is 0. The Morgan fingerprint density at radius 3 is 2.45 bits per heavy atom. The van der Waals surface area contributed by atoms with Crippen molar-refractivity contribution in [2.24, 2.45) is 40.4 Å². The van der Waals surface area contributed by atoms with Crippen LogP contribution in [0.3, 0.4) is 0 Å². The number of fused-ring (bicyclic) bond motifs is 3. The molecule has 0 bridgehead atoms. The van der Waals surface area contributed by atoms with E-state index in [9.17, 15) is 19.2 Å². The number of Topliss-reactive ketones (excluding diaryl/α,β-unsaturated/α-hetero) is 3. The standard InChI is InChI=1S/C50H64O6/c1-32(2)21-34-17-18-35(22-34)37-23-38-25-42(55-5)19-20-43(38)39(24-37)27-49(4)29-44-45(30-49)48(54)36(26-47(53)56-41-15-11-12-16-41)13-9-7-6-8-10-14-40-28-50(40,33(3)51)31-46(44)52/h10,14,18-20,22-25,32,36,40-41,44-45H,6-9,11-13,15-17,21,26-31H2,1-5H3/b14-10-. The van der Waals surface area contributed by atoms with Gasteiger partial charge < -0.3 is 9.47 Å². The van der Waals surface area contributed by atoms with Crippen LogP contribution in [0.15, 0.2) is 60.2 Å². The molecule has 0 radical (unpaired) electrons. The number of allylic oxidation sites excluding steroid dienone is 6. The van der Waals surface area contributed by atoms with E-state index in [0.717, 1.165) is 80.7 Å². The summed E-state index contributed by atoms with van der Waals surface area (Å²) in [5, 5.41) is 2.27. The zero-order chi connectivity index (χ0) is 39.6. The van der Waals surface area contributed by atoms with Crippen LogP contribution in [-0.4, -0.2) is 36.5 Å². The summed E-state index contributed by atoms with van der Waals surface area (Å²) in [5.41, 5.74) is 4.08. The number of methoxy groups -OCH3 is 1. The first-order valence-electron chi connectivity index (χ1n) is 21.8. The summed E-state index contributed by atoms with van der Waals surface area (Å²) in [4.78, 5) is 56.3. The molecule has 5 aliphatic rings. The highest BCUT2D eigenvalue weighted by molar-refractivity contribution is 5.97. The highest BCUT2D eigenvalue weighted by atomic mass is 16.5. The minimum absolute atomic E-state index is 0.0441. The highest BCUT2D eigenvalue weighted by Crippen LogP contribution is 2.59. The zero-order valence-corrected chi connectivity index (χ0v) is 34.6. The van der Waals surface area contributed by atoms with E-state index in [1.165, 1.54) is 22.3 Å². The van der Waals surface area contributed by atoms with Gasteiger partial charge in [-0.1, -0.05) is 75.6 Å². The average Bonchev–Trinajstić information content (AvgIpc) is 3.53. The van der Waals surface area contributed by atoms with Crippen LogP contribution in [0.5, 0.6) is 5.75 Å². The summed E-state index contributed by atoms with van der Waals surface area (Å²) in [5.74, 6) is -0.0641. The van der Waals surface area contributed by atoms with E-state index in [-0.39, 0.29) is 53.6 Å². The summed E-state index contributed by atoms with van der Waals surface area (Å²) in [6, 6.07) is 10.9. The molecule has 7 rings (SSSR count). The van der Waals surface area contributed by atoms with Crippen molar-refractivity contribution in [3.8, 4) is 5.75 Å². The van der Waals surface area contributed by atoms with Gasteiger partial charge in [0.25, 0.3) is 0 Å². The Morgan fingerprint density at radius 2 is 1.70 bits per heavy atom. The van der Waals surface area contributed by atoms with E-state index in [1.807, 2.05) is 6.07 Å². The molecule has 0 N–H and O–H groups in total. The Hall–Kier alpha value is -3.80. The van der Waals surface area contributed by atoms with Crippen molar-refractivity contribution in [1.82, 2.24) is 0 Å². The number of rotatable bonds is 10. The van der Waals surface area contributed by atoms with Crippen LogP contribution < -0.4 is 4.74 Å². The number of benzene rings is 2. The molecule has 300 valence electrons. The predicted octanol–water partition coefficient (Wildman–Crippen LogP) is 11.3. The van der Waals surface area contributed by atoms with E-state index < -0.39 is 23.2 Å². The highest BCUT2D eigenvalue weighted by Gasteiger charge is 2.59. The minimum atomic E-state index is -0.661. The summed E-state index contributed by atoms with van der Waals surface area (Å²) < 4.78 is 11.6. The molecule has 5 aliphatic carbocycles. The molecule has 0 aromatic heterocycles. The van der Waals surface area contributed by atoms with Gasteiger partial charge in [-0.25, -0.2) is 0 Å². The molecule has 0 spiro atoms. The molecule has 2 aromatic carbocycles. The second-order valence-corrected chi connectivity index (χ2v) is 19.0. The summed E-state index contributed by atoms with van der Waals surface area (Å²) >= 11 is 0. The van der Waals surface area contributed by atoms with Gasteiger partial charge >= 0.3 is 5.97 Å². The quantitative estimate of drug-likeness (QED) is 0.177. The lowest BCUT2D eigenvalue weighted by Gasteiger charge is -2.26. The monoisotopic (exact) mass is 760 g/mol. The molecule has 2 aromatic rings. The zero-order valence-electron chi connectivity index (χ0n) is 34.6. The van der Waals surface area contributed by atoms with Crippen LogP contribution in [0.1, 0.15) is 142 Å². The van der Waals surface area contributed by atoms with Crippen molar-refractivity contribution in [2.75, 3.05) is 7.11 Å².